The van der Waals surface area contributed by atoms with Gasteiger partial charge in [0.2, 0.25) is 0 Å². The van der Waals surface area contributed by atoms with Crippen molar-refractivity contribution in [1.29, 1.82) is 0 Å². The highest BCUT2D eigenvalue weighted by atomic mass is 16.5. The van der Waals surface area contributed by atoms with Crippen LogP contribution in [0.25, 0.3) is 0 Å². The highest BCUT2D eigenvalue weighted by Crippen LogP contribution is 2.35. The largest absolute Gasteiger partial charge is 0.378 e. The summed E-state index contributed by atoms with van der Waals surface area (Å²) < 4.78 is 5.30. The van der Waals surface area contributed by atoms with Gasteiger partial charge in [-0.3, -0.25) is 0 Å². The number of ether oxygens (including phenoxy) is 1. The molecule has 0 bridgehead atoms. The van der Waals surface area contributed by atoms with Crippen LogP contribution in [-0.4, -0.2) is 19.0 Å². The monoisotopic (exact) mass is 158 g/mol. The van der Waals surface area contributed by atoms with Crippen molar-refractivity contribution in [3.05, 3.63) is 0 Å². The van der Waals surface area contributed by atoms with Crippen LogP contribution in [0.1, 0.15) is 34.1 Å². The zero-order valence-corrected chi connectivity index (χ0v) is 8.10. The molecule has 0 spiro atoms. The summed E-state index contributed by atoms with van der Waals surface area (Å²) in [6.07, 6.45) is 1.48. The molecular weight excluding hydrogens is 140 g/mol. The van der Waals surface area contributed by atoms with Gasteiger partial charge in [-0.25, -0.2) is 0 Å². The van der Waals surface area contributed by atoms with E-state index in [2.05, 4.69) is 0 Å². The molecule has 0 heterocycles. The standard InChI is InChI=1S/C9H18O2/c1-8(2,6-7-10)9(3,4)11-5/h7H,6H2,1-5H3. The summed E-state index contributed by atoms with van der Waals surface area (Å²) in [5, 5.41) is 0. The van der Waals surface area contributed by atoms with Gasteiger partial charge in [0.25, 0.3) is 0 Å². The summed E-state index contributed by atoms with van der Waals surface area (Å²) in [6, 6.07) is 0. The molecule has 0 atom stereocenters. The lowest BCUT2D eigenvalue weighted by atomic mass is 9.75. The van der Waals surface area contributed by atoms with Gasteiger partial charge in [-0.2, -0.15) is 0 Å². The van der Waals surface area contributed by atoms with Gasteiger partial charge in [0.15, 0.2) is 0 Å². The zero-order chi connectivity index (χ0) is 9.12. The molecule has 0 N–H and O–H groups in total. The van der Waals surface area contributed by atoms with Crippen molar-refractivity contribution in [3.63, 3.8) is 0 Å². The Morgan fingerprint density at radius 1 is 1.27 bits per heavy atom. The first-order valence-corrected chi connectivity index (χ1v) is 3.86. The first kappa shape index (κ1) is 10.6. The Kier molecular flexibility index (Phi) is 3.24. The third-order valence-electron chi connectivity index (χ3n) is 2.73. The zero-order valence-electron chi connectivity index (χ0n) is 8.10. The summed E-state index contributed by atoms with van der Waals surface area (Å²) in [6.45, 7) is 8.06. The van der Waals surface area contributed by atoms with Crippen molar-refractivity contribution in [2.24, 2.45) is 5.41 Å². The molecule has 0 saturated carbocycles. The Balaban J connectivity index is 4.38. The van der Waals surface area contributed by atoms with Crippen molar-refractivity contribution >= 4 is 6.29 Å². The van der Waals surface area contributed by atoms with Crippen molar-refractivity contribution in [2.75, 3.05) is 7.11 Å². The van der Waals surface area contributed by atoms with E-state index in [1.165, 1.54) is 0 Å². The number of methoxy groups -OCH3 is 1. The molecular formula is C9H18O2. The number of aldehydes is 1. The van der Waals surface area contributed by atoms with Gasteiger partial charge in [0.1, 0.15) is 6.29 Å². The molecule has 0 unspecified atom stereocenters. The number of carbonyl (C=O) groups excluding carboxylic acids is 1. The highest BCUT2D eigenvalue weighted by Gasteiger charge is 2.36. The Bertz CT molecular complexity index is 136. The molecule has 0 fully saturated rings. The van der Waals surface area contributed by atoms with Gasteiger partial charge in [-0.05, 0) is 19.3 Å². The van der Waals surface area contributed by atoms with Crippen molar-refractivity contribution in [3.8, 4) is 0 Å². The van der Waals surface area contributed by atoms with Crippen LogP contribution >= 0.6 is 0 Å². The Morgan fingerprint density at radius 2 is 1.73 bits per heavy atom. The van der Waals surface area contributed by atoms with Gasteiger partial charge in [0, 0.05) is 13.5 Å². The second kappa shape index (κ2) is 3.35. The van der Waals surface area contributed by atoms with Crippen molar-refractivity contribution in [1.82, 2.24) is 0 Å². The minimum atomic E-state index is -0.242. The molecule has 2 heteroatoms. The first-order valence-electron chi connectivity index (χ1n) is 3.86. The fourth-order valence-corrected chi connectivity index (χ4v) is 0.730. The normalized spacial score (nSPS) is 13.2. The van der Waals surface area contributed by atoms with Gasteiger partial charge in [0.05, 0.1) is 5.60 Å². The summed E-state index contributed by atoms with van der Waals surface area (Å²) in [4.78, 5) is 10.3. The fraction of sp³-hybridized carbons (Fsp3) is 0.889. The molecule has 0 aliphatic heterocycles. The second-order valence-corrected chi connectivity index (χ2v) is 3.97. The molecule has 0 aromatic heterocycles. The maximum absolute atomic E-state index is 10.3. The summed E-state index contributed by atoms with van der Waals surface area (Å²) in [5.74, 6) is 0. The van der Waals surface area contributed by atoms with Crippen molar-refractivity contribution < 1.29 is 9.53 Å². The van der Waals surface area contributed by atoms with E-state index in [1.807, 2.05) is 27.7 Å². The van der Waals surface area contributed by atoms with Crippen molar-refractivity contribution in [2.45, 2.75) is 39.7 Å². The van der Waals surface area contributed by atoms with E-state index in [-0.39, 0.29) is 11.0 Å². The van der Waals surface area contributed by atoms with Crippen LogP contribution < -0.4 is 0 Å². The molecule has 0 aliphatic carbocycles. The van der Waals surface area contributed by atoms with E-state index < -0.39 is 0 Å². The van der Waals surface area contributed by atoms with Crippen LogP contribution in [-0.2, 0) is 9.53 Å². The third kappa shape index (κ3) is 2.29. The number of carbonyl (C=O) groups is 1. The molecule has 0 rings (SSSR count). The number of hydrogen-bond donors (Lipinski definition) is 0. The lowest BCUT2D eigenvalue weighted by Gasteiger charge is -2.39. The minimum absolute atomic E-state index is 0.0938. The average Bonchev–Trinajstić information content (AvgIpc) is 1.87. The molecule has 0 aliphatic rings. The predicted molar refractivity (Wildman–Crippen MR) is 45.6 cm³/mol. The fourth-order valence-electron chi connectivity index (χ4n) is 0.730. The molecule has 0 amide bonds. The van der Waals surface area contributed by atoms with Crippen LogP contribution in [0.5, 0.6) is 0 Å². The van der Waals surface area contributed by atoms with E-state index in [0.29, 0.717) is 6.42 Å². The van der Waals surface area contributed by atoms with Crippen LogP contribution in [0.2, 0.25) is 0 Å². The smallest absolute Gasteiger partial charge is 0.120 e. The first-order chi connectivity index (χ1) is 4.87. The lowest BCUT2D eigenvalue weighted by molar-refractivity contribution is -0.117. The van der Waals surface area contributed by atoms with E-state index >= 15 is 0 Å². The Morgan fingerprint density at radius 3 is 2.00 bits per heavy atom. The van der Waals surface area contributed by atoms with E-state index in [0.717, 1.165) is 6.29 Å². The predicted octanol–water partition coefficient (Wildman–Crippen LogP) is 2.03. The number of rotatable bonds is 4. The van der Waals surface area contributed by atoms with Crippen LogP contribution in [0.3, 0.4) is 0 Å². The quantitative estimate of drug-likeness (QED) is 0.585. The molecule has 0 aromatic rings. The minimum Gasteiger partial charge on any atom is -0.378 e. The third-order valence-corrected chi connectivity index (χ3v) is 2.73. The van der Waals surface area contributed by atoms with Crippen LogP contribution in [0.4, 0.5) is 0 Å². The summed E-state index contributed by atoms with van der Waals surface area (Å²) in [5.41, 5.74) is -0.336. The van der Waals surface area contributed by atoms with E-state index in [9.17, 15) is 4.79 Å². The van der Waals surface area contributed by atoms with Gasteiger partial charge < -0.3 is 9.53 Å². The van der Waals surface area contributed by atoms with Gasteiger partial charge >= 0.3 is 0 Å². The molecule has 2 nitrogen and oxygen atoms in total. The topological polar surface area (TPSA) is 26.3 Å². The maximum atomic E-state index is 10.3. The van der Waals surface area contributed by atoms with Gasteiger partial charge in [-0.1, -0.05) is 13.8 Å². The second-order valence-electron chi connectivity index (χ2n) is 3.97. The van der Waals surface area contributed by atoms with E-state index in [1.54, 1.807) is 7.11 Å². The molecule has 66 valence electrons. The molecule has 0 saturated heterocycles. The Hall–Kier alpha value is -0.370. The summed E-state index contributed by atoms with van der Waals surface area (Å²) in [7, 11) is 1.67. The summed E-state index contributed by atoms with van der Waals surface area (Å²) >= 11 is 0. The number of hydrogen-bond acceptors (Lipinski definition) is 2. The molecule has 11 heavy (non-hydrogen) atoms. The SMILES string of the molecule is COC(C)(C)C(C)(C)CC=O. The molecule has 0 radical (unpaired) electrons. The lowest BCUT2D eigenvalue weighted by Crippen LogP contribution is -2.40. The highest BCUT2D eigenvalue weighted by molar-refractivity contribution is 5.51. The molecule has 0 aromatic carbocycles. The van der Waals surface area contributed by atoms with Crippen LogP contribution in [0.15, 0.2) is 0 Å². The Labute approximate surface area is 68.9 Å². The maximum Gasteiger partial charge on any atom is 0.120 e. The van der Waals surface area contributed by atoms with E-state index in [4.69, 9.17) is 4.74 Å². The van der Waals surface area contributed by atoms with Gasteiger partial charge in [-0.15, -0.1) is 0 Å². The average molecular weight is 158 g/mol. The van der Waals surface area contributed by atoms with Crippen LogP contribution in [0, 0.1) is 5.41 Å².